The van der Waals surface area contributed by atoms with Crippen LogP contribution in [0.1, 0.15) is 18.9 Å². The number of nitrogens with two attached hydrogens (primary N) is 1. The number of nitrogens with one attached hydrogen (secondary N) is 1. The minimum Gasteiger partial charge on any atom is -0.484 e. The van der Waals surface area contributed by atoms with Crippen LogP contribution in [0.4, 0.5) is 4.79 Å². The molecule has 0 saturated carbocycles. The topological polar surface area (TPSA) is 84.7 Å². The quantitative estimate of drug-likeness (QED) is 0.845. The van der Waals surface area contributed by atoms with Crippen molar-refractivity contribution in [1.29, 1.82) is 0 Å². The van der Waals surface area contributed by atoms with E-state index in [4.69, 9.17) is 10.5 Å². The Morgan fingerprint density at radius 3 is 2.67 bits per heavy atom. The van der Waals surface area contributed by atoms with E-state index in [1.54, 1.807) is 0 Å². The van der Waals surface area contributed by atoms with Crippen molar-refractivity contribution in [2.75, 3.05) is 19.7 Å². The zero-order valence-electron chi connectivity index (χ0n) is 12.2. The molecule has 1 fully saturated rings. The molecule has 2 rings (SSSR count). The molecule has 0 radical (unpaired) electrons. The average Bonchev–Trinajstić information content (AvgIpc) is 2.94. The predicted molar refractivity (Wildman–Crippen MR) is 79.0 cm³/mol. The van der Waals surface area contributed by atoms with Gasteiger partial charge < -0.3 is 20.7 Å². The van der Waals surface area contributed by atoms with Crippen LogP contribution < -0.4 is 15.8 Å². The number of aryl methyl sites for hydroxylation is 1. The fourth-order valence-electron chi connectivity index (χ4n) is 2.32. The molecular weight excluding hydrogens is 270 g/mol. The number of nitrogens with zero attached hydrogens (tertiary/aromatic N) is 1. The molecule has 1 saturated heterocycles. The van der Waals surface area contributed by atoms with Crippen LogP contribution in [0, 0.1) is 0 Å². The summed E-state index contributed by atoms with van der Waals surface area (Å²) >= 11 is 0. The number of urea groups is 1. The number of likely N-dealkylation sites (tertiary alicyclic amines) is 1. The fraction of sp³-hybridized carbons (Fsp3) is 0.467. The van der Waals surface area contributed by atoms with Gasteiger partial charge in [0.25, 0.3) is 5.91 Å². The van der Waals surface area contributed by atoms with E-state index in [-0.39, 0.29) is 18.6 Å². The normalized spacial score (nSPS) is 17.6. The van der Waals surface area contributed by atoms with E-state index in [2.05, 4.69) is 12.2 Å². The molecule has 1 aliphatic rings. The molecule has 1 atom stereocenters. The van der Waals surface area contributed by atoms with E-state index in [1.165, 1.54) is 10.5 Å². The number of carbonyl (C=O) groups excluding carboxylic acids is 2. The average molecular weight is 291 g/mol. The van der Waals surface area contributed by atoms with Crippen molar-refractivity contribution in [1.82, 2.24) is 10.2 Å². The van der Waals surface area contributed by atoms with E-state index in [0.29, 0.717) is 18.8 Å². The molecule has 0 aromatic heterocycles. The fourth-order valence-corrected chi connectivity index (χ4v) is 2.32. The first-order valence-electron chi connectivity index (χ1n) is 7.14. The Kier molecular flexibility index (Phi) is 5.03. The smallest absolute Gasteiger partial charge is 0.314 e. The molecule has 3 N–H and O–H groups in total. The molecule has 6 nitrogen and oxygen atoms in total. The van der Waals surface area contributed by atoms with Crippen molar-refractivity contribution in [3.05, 3.63) is 29.8 Å². The Hall–Kier alpha value is -2.24. The summed E-state index contributed by atoms with van der Waals surface area (Å²) in [5.41, 5.74) is 6.42. The van der Waals surface area contributed by atoms with Crippen molar-refractivity contribution in [2.24, 2.45) is 5.73 Å². The Morgan fingerprint density at radius 1 is 1.38 bits per heavy atom. The monoisotopic (exact) mass is 291 g/mol. The maximum absolute atomic E-state index is 11.8. The van der Waals surface area contributed by atoms with Crippen LogP contribution >= 0.6 is 0 Å². The van der Waals surface area contributed by atoms with E-state index >= 15 is 0 Å². The van der Waals surface area contributed by atoms with E-state index in [1.807, 2.05) is 24.3 Å². The van der Waals surface area contributed by atoms with Crippen molar-refractivity contribution in [3.63, 3.8) is 0 Å². The van der Waals surface area contributed by atoms with E-state index < -0.39 is 6.03 Å². The minimum atomic E-state index is -0.445. The van der Waals surface area contributed by atoms with Gasteiger partial charge in [0.05, 0.1) is 0 Å². The zero-order chi connectivity index (χ0) is 15.2. The molecular formula is C15H21N3O3. The summed E-state index contributed by atoms with van der Waals surface area (Å²) in [4.78, 5) is 24.3. The first-order chi connectivity index (χ1) is 10.1. The van der Waals surface area contributed by atoms with Gasteiger partial charge in [0.1, 0.15) is 5.75 Å². The van der Waals surface area contributed by atoms with Gasteiger partial charge in [-0.2, -0.15) is 0 Å². The zero-order valence-corrected chi connectivity index (χ0v) is 12.2. The van der Waals surface area contributed by atoms with Crippen LogP contribution in [-0.2, 0) is 11.2 Å². The number of ether oxygens (including phenoxy) is 1. The number of hydrogen-bond donors (Lipinski definition) is 2. The maximum atomic E-state index is 11.8. The first-order valence-corrected chi connectivity index (χ1v) is 7.14. The molecule has 0 aliphatic carbocycles. The van der Waals surface area contributed by atoms with Crippen LogP contribution in [0.3, 0.4) is 0 Å². The van der Waals surface area contributed by atoms with Gasteiger partial charge >= 0.3 is 6.03 Å². The van der Waals surface area contributed by atoms with E-state index in [0.717, 1.165) is 12.8 Å². The van der Waals surface area contributed by atoms with Gasteiger partial charge in [0.2, 0.25) is 0 Å². The highest BCUT2D eigenvalue weighted by molar-refractivity contribution is 5.78. The SMILES string of the molecule is CCc1ccc(OCC(=O)NC2CCN(C(N)=O)C2)cc1. The van der Waals surface area contributed by atoms with Gasteiger partial charge in [0, 0.05) is 19.1 Å². The second-order valence-corrected chi connectivity index (χ2v) is 5.12. The van der Waals surface area contributed by atoms with Crippen molar-refractivity contribution >= 4 is 11.9 Å². The third-order valence-electron chi connectivity index (χ3n) is 3.57. The third-order valence-corrected chi connectivity index (χ3v) is 3.57. The van der Waals surface area contributed by atoms with Crippen molar-refractivity contribution in [3.8, 4) is 5.75 Å². The molecule has 21 heavy (non-hydrogen) atoms. The second kappa shape index (κ2) is 6.97. The van der Waals surface area contributed by atoms with Crippen molar-refractivity contribution in [2.45, 2.75) is 25.8 Å². The first kappa shape index (κ1) is 15.2. The summed E-state index contributed by atoms with van der Waals surface area (Å²) in [7, 11) is 0. The number of amides is 3. The highest BCUT2D eigenvalue weighted by Crippen LogP contribution is 2.12. The highest BCUT2D eigenvalue weighted by Gasteiger charge is 2.25. The predicted octanol–water partition coefficient (Wildman–Crippen LogP) is 0.897. The number of primary amides is 1. The number of rotatable bonds is 5. The number of benzene rings is 1. The van der Waals surface area contributed by atoms with Crippen LogP contribution in [0.2, 0.25) is 0 Å². The lowest BCUT2D eigenvalue weighted by molar-refractivity contribution is -0.123. The molecule has 1 aliphatic heterocycles. The van der Waals surface area contributed by atoms with Gasteiger partial charge in [-0.25, -0.2) is 4.79 Å². The Bertz CT molecular complexity index is 501. The van der Waals surface area contributed by atoms with Gasteiger partial charge in [-0.1, -0.05) is 19.1 Å². The Balaban J connectivity index is 1.73. The van der Waals surface area contributed by atoms with Crippen molar-refractivity contribution < 1.29 is 14.3 Å². The van der Waals surface area contributed by atoms with Gasteiger partial charge in [0.15, 0.2) is 6.61 Å². The van der Waals surface area contributed by atoms with Crippen LogP contribution in [-0.4, -0.2) is 42.6 Å². The molecule has 0 bridgehead atoms. The molecule has 114 valence electrons. The molecule has 1 aromatic carbocycles. The molecule has 6 heteroatoms. The lowest BCUT2D eigenvalue weighted by atomic mass is 10.2. The molecule has 1 aromatic rings. The van der Waals surface area contributed by atoms with Crippen LogP contribution in [0.5, 0.6) is 5.75 Å². The number of carbonyl (C=O) groups is 2. The maximum Gasteiger partial charge on any atom is 0.314 e. The lowest BCUT2D eigenvalue weighted by Gasteiger charge is -2.15. The number of hydrogen-bond acceptors (Lipinski definition) is 3. The third kappa shape index (κ3) is 4.37. The minimum absolute atomic E-state index is 0.0292. The highest BCUT2D eigenvalue weighted by atomic mass is 16.5. The van der Waals surface area contributed by atoms with Gasteiger partial charge in [-0.3, -0.25) is 4.79 Å². The summed E-state index contributed by atoms with van der Waals surface area (Å²) in [6, 6.07) is 7.19. The summed E-state index contributed by atoms with van der Waals surface area (Å²) in [5, 5.41) is 2.84. The lowest BCUT2D eigenvalue weighted by Crippen LogP contribution is -2.41. The Morgan fingerprint density at radius 2 is 2.10 bits per heavy atom. The summed E-state index contributed by atoms with van der Waals surface area (Å²) in [5.74, 6) is 0.485. The molecule has 0 spiro atoms. The summed E-state index contributed by atoms with van der Waals surface area (Å²) < 4.78 is 5.43. The Labute approximate surface area is 124 Å². The molecule has 3 amide bonds. The summed E-state index contributed by atoms with van der Waals surface area (Å²) in [6.07, 6.45) is 1.69. The van der Waals surface area contributed by atoms with Crippen LogP contribution in [0.15, 0.2) is 24.3 Å². The largest absolute Gasteiger partial charge is 0.484 e. The summed E-state index contributed by atoms with van der Waals surface area (Å²) in [6.45, 7) is 3.10. The molecule has 1 heterocycles. The van der Waals surface area contributed by atoms with Gasteiger partial charge in [-0.15, -0.1) is 0 Å². The second-order valence-electron chi connectivity index (χ2n) is 5.12. The standard InChI is InChI=1S/C15H21N3O3/c1-2-11-3-5-13(6-4-11)21-10-14(19)17-12-7-8-18(9-12)15(16)20/h3-6,12H,2,7-10H2,1H3,(H2,16,20)(H,17,19). The van der Waals surface area contributed by atoms with Gasteiger partial charge in [-0.05, 0) is 30.5 Å². The van der Waals surface area contributed by atoms with Crippen LogP contribution in [0.25, 0.3) is 0 Å². The van der Waals surface area contributed by atoms with E-state index in [9.17, 15) is 9.59 Å². The molecule has 1 unspecified atom stereocenters.